The molecular weight excluding hydrogens is 131 g/mol. The molecule has 1 N–H and O–H groups in total. The molecule has 1 aliphatic rings. The molecule has 1 saturated heterocycles. The molecule has 0 aromatic carbocycles. The Morgan fingerprint density at radius 1 is 1.78 bits per heavy atom. The molecule has 9 heavy (non-hydrogen) atoms. The van der Waals surface area contributed by atoms with Crippen LogP contribution in [0.2, 0.25) is 0 Å². The molecule has 0 amide bonds. The van der Waals surface area contributed by atoms with Gasteiger partial charge in [-0.25, -0.2) is 0 Å². The number of hydrogen-bond donors (Lipinski definition) is 1. The zero-order chi connectivity index (χ0) is 6.85. The van der Waals surface area contributed by atoms with Crippen molar-refractivity contribution in [3.8, 4) is 0 Å². The molecule has 0 unspecified atom stereocenters. The second-order valence-electron chi connectivity index (χ2n) is 2.86. The van der Waals surface area contributed by atoms with Crippen molar-refractivity contribution in [3.63, 3.8) is 0 Å². The van der Waals surface area contributed by atoms with Crippen molar-refractivity contribution >= 4 is 19.6 Å². The van der Waals surface area contributed by atoms with Crippen LogP contribution >= 0.6 is 11.8 Å². The third-order valence-corrected chi connectivity index (χ3v) is 3.67. The van der Waals surface area contributed by atoms with Gasteiger partial charge in [0.1, 0.15) is 7.85 Å². The van der Waals surface area contributed by atoms with Gasteiger partial charge in [-0.05, 0) is 17.5 Å². The van der Waals surface area contributed by atoms with Crippen LogP contribution in [0, 0.1) is 5.92 Å². The Morgan fingerprint density at radius 3 is 2.67 bits per heavy atom. The fraction of sp³-hybridized carbons (Fsp3) is 1.00. The standard InChI is InChI=1S/C6H13BOS/c1-4-2-5(3-8)9-6(4)7/h4-6,8H,2-3,7H2,1H3/t4-,5-,6+/m0/s1. The third kappa shape index (κ3) is 1.65. The van der Waals surface area contributed by atoms with Crippen LogP contribution in [0.15, 0.2) is 0 Å². The van der Waals surface area contributed by atoms with Crippen LogP contribution in [0.3, 0.4) is 0 Å². The minimum atomic E-state index is 0.360. The lowest BCUT2D eigenvalue weighted by molar-refractivity contribution is 0.287. The van der Waals surface area contributed by atoms with Gasteiger partial charge in [0.15, 0.2) is 0 Å². The molecule has 0 saturated carbocycles. The fourth-order valence-electron chi connectivity index (χ4n) is 1.22. The summed E-state index contributed by atoms with van der Waals surface area (Å²) in [7, 11) is 2.24. The predicted molar refractivity (Wildman–Crippen MR) is 44.6 cm³/mol. The second kappa shape index (κ2) is 2.97. The first-order valence-electron chi connectivity index (χ1n) is 3.50. The normalized spacial score (nSPS) is 43.6. The van der Waals surface area contributed by atoms with E-state index in [4.69, 9.17) is 5.11 Å². The average molecular weight is 144 g/mol. The van der Waals surface area contributed by atoms with E-state index in [1.807, 2.05) is 11.8 Å². The first-order chi connectivity index (χ1) is 4.24. The van der Waals surface area contributed by atoms with Crippen LogP contribution in [0.25, 0.3) is 0 Å². The molecule has 0 bridgehead atoms. The summed E-state index contributed by atoms with van der Waals surface area (Å²) in [6, 6.07) is 0. The van der Waals surface area contributed by atoms with E-state index in [-0.39, 0.29) is 0 Å². The van der Waals surface area contributed by atoms with Crippen molar-refractivity contribution in [3.05, 3.63) is 0 Å². The van der Waals surface area contributed by atoms with Crippen molar-refractivity contribution in [2.75, 3.05) is 6.61 Å². The summed E-state index contributed by atoms with van der Waals surface area (Å²) in [6.07, 6.45) is 1.20. The summed E-state index contributed by atoms with van der Waals surface area (Å²) < 4.78 is 0. The van der Waals surface area contributed by atoms with Gasteiger partial charge in [0.25, 0.3) is 0 Å². The Balaban J connectivity index is 2.35. The molecule has 3 heteroatoms. The predicted octanol–water partition coefficient (Wildman–Crippen LogP) is 0.0795. The fourth-order valence-corrected chi connectivity index (χ4v) is 2.70. The Labute approximate surface area is 61.6 Å². The maximum Gasteiger partial charge on any atom is 0.118 e. The summed E-state index contributed by atoms with van der Waals surface area (Å²) in [5, 5.41) is 10.1. The van der Waals surface area contributed by atoms with Crippen LogP contribution in [0.4, 0.5) is 0 Å². The van der Waals surface area contributed by atoms with E-state index in [0.717, 1.165) is 11.1 Å². The highest BCUT2D eigenvalue weighted by molar-refractivity contribution is 8.01. The van der Waals surface area contributed by atoms with Crippen molar-refractivity contribution < 1.29 is 5.11 Å². The molecule has 0 radical (unpaired) electrons. The maximum atomic E-state index is 8.78. The second-order valence-corrected chi connectivity index (χ2v) is 4.54. The van der Waals surface area contributed by atoms with E-state index in [0.29, 0.717) is 11.9 Å². The highest BCUT2D eigenvalue weighted by atomic mass is 32.2. The van der Waals surface area contributed by atoms with Gasteiger partial charge in [-0.15, -0.1) is 0 Å². The van der Waals surface area contributed by atoms with Gasteiger partial charge in [0.05, 0.1) is 6.61 Å². The minimum Gasteiger partial charge on any atom is -0.395 e. The summed E-state index contributed by atoms with van der Waals surface area (Å²) in [6.45, 7) is 2.62. The molecule has 1 fully saturated rings. The number of aliphatic hydroxyl groups excluding tert-OH is 1. The van der Waals surface area contributed by atoms with Gasteiger partial charge in [0, 0.05) is 5.25 Å². The van der Waals surface area contributed by atoms with Gasteiger partial charge in [0.2, 0.25) is 0 Å². The SMILES string of the molecule is B[C@@H]1S[C@H](CO)C[C@@H]1C. The Bertz CT molecular complexity index is 89.1. The first-order valence-corrected chi connectivity index (χ1v) is 4.44. The minimum absolute atomic E-state index is 0.360. The molecule has 0 spiro atoms. The first kappa shape index (κ1) is 7.48. The van der Waals surface area contributed by atoms with Gasteiger partial charge in [-0.3, -0.25) is 0 Å². The Morgan fingerprint density at radius 2 is 2.44 bits per heavy atom. The lowest BCUT2D eigenvalue weighted by Crippen LogP contribution is -2.05. The molecule has 52 valence electrons. The van der Waals surface area contributed by atoms with E-state index in [9.17, 15) is 0 Å². The number of hydrogen-bond acceptors (Lipinski definition) is 2. The topological polar surface area (TPSA) is 20.2 Å². The van der Waals surface area contributed by atoms with Crippen LogP contribution in [0.1, 0.15) is 13.3 Å². The third-order valence-electron chi connectivity index (χ3n) is 2.05. The van der Waals surface area contributed by atoms with Crippen LogP contribution in [0.5, 0.6) is 0 Å². The molecule has 1 rings (SSSR count). The zero-order valence-electron chi connectivity index (χ0n) is 6.00. The molecule has 1 aliphatic heterocycles. The molecular formula is C6H13BOS. The van der Waals surface area contributed by atoms with Crippen LogP contribution in [-0.2, 0) is 0 Å². The lowest BCUT2D eigenvalue weighted by Gasteiger charge is -2.04. The van der Waals surface area contributed by atoms with Gasteiger partial charge in [-0.1, -0.05) is 6.92 Å². The highest BCUT2D eigenvalue weighted by Gasteiger charge is 2.27. The van der Waals surface area contributed by atoms with Crippen molar-refractivity contribution in [1.82, 2.24) is 0 Å². The lowest BCUT2D eigenvalue weighted by atomic mass is 9.89. The Hall–Kier alpha value is 0.375. The number of rotatable bonds is 1. The van der Waals surface area contributed by atoms with Crippen molar-refractivity contribution in [2.24, 2.45) is 5.92 Å². The molecule has 0 aromatic heterocycles. The van der Waals surface area contributed by atoms with E-state index in [1.54, 1.807) is 0 Å². The largest absolute Gasteiger partial charge is 0.395 e. The molecule has 1 heterocycles. The zero-order valence-corrected chi connectivity index (χ0v) is 6.82. The van der Waals surface area contributed by atoms with Crippen LogP contribution < -0.4 is 0 Å². The van der Waals surface area contributed by atoms with E-state index < -0.39 is 0 Å². The molecule has 1 nitrogen and oxygen atoms in total. The van der Waals surface area contributed by atoms with Crippen molar-refractivity contribution in [1.29, 1.82) is 0 Å². The van der Waals surface area contributed by atoms with E-state index in [1.165, 1.54) is 6.42 Å². The number of thioether (sulfide) groups is 1. The van der Waals surface area contributed by atoms with E-state index >= 15 is 0 Å². The molecule has 3 atom stereocenters. The summed E-state index contributed by atoms with van der Waals surface area (Å²) in [5.41, 5.74) is 0. The smallest absolute Gasteiger partial charge is 0.118 e. The maximum absolute atomic E-state index is 8.78. The Kier molecular flexibility index (Phi) is 2.47. The van der Waals surface area contributed by atoms with Gasteiger partial charge < -0.3 is 5.11 Å². The van der Waals surface area contributed by atoms with Crippen LogP contribution in [-0.4, -0.2) is 30.0 Å². The van der Waals surface area contributed by atoms with E-state index in [2.05, 4.69) is 14.8 Å². The molecule has 0 aromatic rings. The summed E-state index contributed by atoms with van der Waals surface area (Å²) >= 11 is 1.92. The number of aliphatic hydroxyl groups is 1. The van der Waals surface area contributed by atoms with Gasteiger partial charge >= 0.3 is 0 Å². The monoisotopic (exact) mass is 144 g/mol. The molecule has 0 aliphatic carbocycles. The quantitative estimate of drug-likeness (QED) is 0.526. The van der Waals surface area contributed by atoms with Crippen molar-refractivity contribution in [2.45, 2.75) is 23.7 Å². The summed E-state index contributed by atoms with van der Waals surface area (Å²) in [5.74, 6) is 0.798. The summed E-state index contributed by atoms with van der Waals surface area (Å²) in [4.78, 5) is 0. The highest BCUT2D eigenvalue weighted by Crippen LogP contribution is 2.35. The van der Waals surface area contributed by atoms with Gasteiger partial charge in [-0.2, -0.15) is 11.8 Å². The average Bonchev–Trinajstić information content (AvgIpc) is 2.13.